The van der Waals surface area contributed by atoms with E-state index in [1.807, 2.05) is 45.9 Å². The lowest BCUT2D eigenvalue weighted by molar-refractivity contribution is -0.139. The Morgan fingerprint density at radius 2 is 1.51 bits per heavy atom. The molecule has 3 aromatic rings. The van der Waals surface area contributed by atoms with Gasteiger partial charge in [0.25, 0.3) is 10.0 Å². The van der Waals surface area contributed by atoms with E-state index in [4.69, 9.17) is 4.74 Å². The van der Waals surface area contributed by atoms with Gasteiger partial charge in [-0.25, -0.2) is 8.42 Å². The highest BCUT2D eigenvalue weighted by atomic mass is 32.2. The zero-order valence-corrected chi connectivity index (χ0v) is 25.6. The second-order valence-electron chi connectivity index (χ2n) is 10.4. The van der Waals surface area contributed by atoms with Crippen molar-refractivity contribution in [1.29, 1.82) is 0 Å². The average Bonchev–Trinajstić information content (AvgIpc) is 2.94. The van der Waals surface area contributed by atoms with Crippen molar-refractivity contribution in [2.75, 3.05) is 24.5 Å². The van der Waals surface area contributed by atoms with Crippen LogP contribution in [-0.2, 0) is 26.2 Å². The second-order valence-corrected chi connectivity index (χ2v) is 12.2. The summed E-state index contributed by atoms with van der Waals surface area (Å²) in [7, 11) is -2.54. The van der Waals surface area contributed by atoms with Crippen LogP contribution in [0.3, 0.4) is 0 Å². The highest BCUT2D eigenvalue weighted by Crippen LogP contribution is 2.27. The minimum atomic E-state index is -4.11. The molecule has 0 fully saturated rings. The number of hydrogen-bond acceptors (Lipinski definition) is 5. The Labute approximate surface area is 244 Å². The predicted molar refractivity (Wildman–Crippen MR) is 163 cm³/mol. The van der Waals surface area contributed by atoms with Crippen molar-refractivity contribution < 1.29 is 22.7 Å². The van der Waals surface area contributed by atoms with Gasteiger partial charge >= 0.3 is 0 Å². The molecular weight excluding hydrogens is 538 g/mol. The smallest absolute Gasteiger partial charge is 0.264 e. The molecule has 41 heavy (non-hydrogen) atoms. The van der Waals surface area contributed by atoms with Gasteiger partial charge in [-0.15, -0.1) is 0 Å². The van der Waals surface area contributed by atoms with Crippen molar-refractivity contribution in [3.05, 3.63) is 89.0 Å². The van der Waals surface area contributed by atoms with Crippen molar-refractivity contribution in [3.8, 4) is 5.75 Å². The van der Waals surface area contributed by atoms with E-state index in [1.165, 1.54) is 4.90 Å². The Hall–Kier alpha value is -3.85. The molecule has 0 heterocycles. The molecule has 220 valence electrons. The molecule has 2 amide bonds. The van der Waals surface area contributed by atoms with Crippen molar-refractivity contribution in [2.45, 2.75) is 64.9 Å². The molecule has 0 radical (unpaired) electrons. The van der Waals surface area contributed by atoms with Crippen LogP contribution in [0.2, 0.25) is 0 Å². The van der Waals surface area contributed by atoms with Crippen LogP contribution in [0.5, 0.6) is 5.75 Å². The van der Waals surface area contributed by atoms with Crippen LogP contribution in [0, 0.1) is 20.8 Å². The number of hydrogen-bond donors (Lipinski definition) is 1. The molecule has 0 aromatic heterocycles. The topological polar surface area (TPSA) is 96.0 Å². The van der Waals surface area contributed by atoms with Crippen molar-refractivity contribution in [3.63, 3.8) is 0 Å². The maximum absolute atomic E-state index is 14.0. The zero-order chi connectivity index (χ0) is 30.2. The van der Waals surface area contributed by atoms with E-state index in [0.29, 0.717) is 18.0 Å². The van der Waals surface area contributed by atoms with Gasteiger partial charge in [0.15, 0.2) is 0 Å². The van der Waals surface area contributed by atoms with Gasteiger partial charge in [-0.3, -0.25) is 13.9 Å². The van der Waals surface area contributed by atoms with Crippen LogP contribution in [0.1, 0.15) is 48.9 Å². The Morgan fingerprint density at radius 1 is 0.902 bits per heavy atom. The zero-order valence-electron chi connectivity index (χ0n) is 24.8. The average molecular weight is 580 g/mol. The molecule has 9 heteroatoms. The summed E-state index contributed by atoms with van der Waals surface area (Å²) < 4.78 is 34.4. The Morgan fingerprint density at radius 3 is 2.07 bits per heavy atom. The van der Waals surface area contributed by atoms with Gasteiger partial charge in [0.05, 0.1) is 17.7 Å². The molecule has 0 aliphatic carbocycles. The van der Waals surface area contributed by atoms with Crippen LogP contribution in [0.4, 0.5) is 5.69 Å². The number of anilines is 1. The molecule has 3 aromatic carbocycles. The fourth-order valence-corrected chi connectivity index (χ4v) is 5.91. The molecule has 0 saturated heterocycles. The van der Waals surface area contributed by atoms with E-state index >= 15 is 0 Å². The predicted octanol–water partition coefficient (Wildman–Crippen LogP) is 5.15. The number of carbonyl (C=O) groups excluding carboxylic acids is 2. The number of ether oxygens (including phenoxy) is 1. The Bertz CT molecular complexity index is 1420. The van der Waals surface area contributed by atoms with E-state index in [-0.39, 0.29) is 17.3 Å². The molecule has 3 rings (SSSR count). The number of nitrogens with one attached hydrogen (secondary N) is 1. The van der Waals surface area contributed by atoms with Gasteiger partial charge < -0.3 is 15.0 Å². The molecule has 0 spiro atoms. The number of carbonyl (C=O) groups is 2. The summed E-state index contributed by atoms with van der Waals surface area (Å²) in [6.45, 7) is 9.50. The van der Waals surface area contributed by atoms with Crippen molar-refractivity contribution in [1.82, 2.24) is 10.2 Å². The summed E-state index contributed by atoms with van der Waals surface area (Å²) >= 11 is 0. The van der Waals surface area contributed by atoms with Gasteiger partial charge in [-0.2, -0.15) is 0 Å². The SMILES string of the molecule is CCCCNC(=O)[C@H](C)N(Cc1ccc(OC)cc1)C(=O)CN(c1cc(C)cc(C)c1)S(=O)(=O)c1ccc(C)cc1. The Kier molecular flexibility index (Phi) is 10.9. The van der Waals surface area contributed by atoms with Gasteiger partial charge in [0.1, 0.15) is 18.3 Å². The fraction of sp³-hybridized carbons (Fsp3) is 0.375. The van der Waals surface area contributed by atoms with Crippen LogP contribution in [0.25, 0.3) is 0 Å². The quantitative estimate of drug-likeness (QED) is 0.283. The van der Waals surface area contributed by atoms with E-state index in [2.05, 4.69) is 5.32 Å². The first-order chi connectivity index (χ1) is 19.5. The third-order valence-corrected chi connectivity index (χ3v) is 8.68. The first kappa shape index (κ1) is 31.7. The lowest BCUT2D eigenvalue weighted by atomic mass is 10.1. The van der Waals surface area contributed by atoms with E-state index in [1.54, 1.807) is 62.6 Å². The summed E-state index contributed by atoms with van der Waals surface area (Å²) in [4.78, 5) is 28.7. The number of benzene rings is 3. The van der Waals surface area contributed by atoms with Crippen LogP contribution >= 0.6 is 0 Å². The van der Waals surface area contributed by atoms with Gasteiger partial charge in [-0.1, -0.05) is 49.2 Å². The minimum absolute atomic E-state index is 0.0853. The van der Waals surface area contributed by atoms with E-state index < -0.39 is 28.5 Å². The van der Waals surface area contributed by atoms with Crippen molar-refractivity contribution >= 4 is 27.5 Å². The minimum Gasteiger partial charge on any atom is -0.497 e. The first-order valence-electron chi connectivity index (χ1n) is 13.8. The monoisotopic (exact) mass is 579 g/mol. The summed E-state index contributed by atoms with van der Waals surface area (Å²) in [5, 5.41) is 2.90. The summed E-state index contributed by atoms with van der Waals surface area (Å²) in [6, 6.07) is 18.4. The maximum Gasteiger partial charge on any atom is 0.264 e. The molecular formula is C32H41N3O5S. The summed E-state index contributed by atoms with van der Waals surface area (Å²) in [5.41, 5.74) is 3.84. The molecule has 0 aliphatic rings. The molecule has 1 atom stereocenters. The number of amides is 2. The number of aryl methyl sites for hydroxylation is 3. The molecule has 1 N–H and O–H groups in total. The summed E-state index contributed by atoms with van der Waals surface area (Å²) in [6.07, 6.45) is 1.74. The third kappa shape index (κ3) is 8.33. The highest BCUT2D eigenvalue weighted by molar-refractivity contribution is 7.92. The third-order valence-electron chi connectivity index (χ3n) is 6.89. The number of nitrogens with zero attached hydrogens (tertiary/aromatic N) is 2. The van der Waals surface area contributed by atoms with Crippen molar-refractivity contribution in [2.24, 2.45) is 0 Å². The van der Waals surface area contributed by atoms with Crippen LogP contribution in [0.15, 0.2) is 71.6 Å². The van der Waals surface area contributed by atoms with E-state index in [0.717, 1.165) is 39.4 Å². The number of unbranched alkanes of at least 4 members (excludes halogenated alkanes) is 1. The highest BCUT2D eigenvalue weighted by Gasteiger charge is 2.32. The first-order valence-corrected chi connectivity index (χ1v) is 15.3. The molecule has 0 aliphatic heterocycles. The molecule has 0 saturated carbocycles. The molecule has 0 bridgehead atoms. The standard InChI is InChI=1S/C32H41N3O5S/c1-7-8-17-33-32(37)26(5)34(21-27-11-13-29(40-6)14-12-27)31(36)22-35(28-19-24(3)18-25(4)20-28)41(38,39)30-15-9-23(2)10-16-30/h9-16,18-20,26H,7-8,17,21-22H2,1-6H3,(H,33,37)/t26-/m0/s1. The van der Waals surface area contributed by atoms with Crippen LogP contribution < -0.4 is 14.4 Å². The van der Waals surface area contributed by atoms with Crippen LogP contribution in [-0.4, -0.2) is 51.4 Å². The van der Waals surface area contributed by atoms with Gasteiger partial charge in [0, 0.05) is 13.1 Å². The fourth-order valence-electron chi connectivity index (χ4n) is 4.51. The molecule has 8 nitrogen and oxygen atoms in total. The number of methoxy groups -OCH3 is 1. The van der Waals surface area contributed by atoms with Gasteiger partial charge in [-0.05, 0) is 87.2 Å². The normalized spacial score (nSPS) is 12.0. The molecule has 0 unspecified atom stereocenters. The largest absolute Gasteiger partial charge is 0.497 e. The Balaban J connectivity index is 2.03. The number of sulfonamides is 1. The maximum atomic E-state index is 14.0. The number of rotatable bonds is 13. The lowest BCUT2D eigenvalue weighted by Crippen LogP contribution is -2.51. The second kappa shape index (κ2) is 14.2. The van der Waals surface area contributed by atoms with E-state index in [9.17, 15) is 18.0 Å². The lowest BCUT2D eigenvalue weighted by Gasteiger charge is -2.32. The summed E-state index contributed by atoms with van der Waals surface area (Å²) in [5.74, 6) is -0.115. The van der Waals surface area contributed by atoms with Gasteiger partial charge in [0.2, 0.25) is 11.8 Å².